The summed E-state index contributed by atoms with van der Waals surface area (Å²) in [5, 5.41) is 3.28. The number of rotatable bonds is 6. The van der Waals surface area contributed by atoms with E-state index < -0.39 is 0 Å². The number of benzene rings is 1. The molecule has 0 fully saturated rings. The third-order valence-corrected chi connectivity index (χ3v) is 3.41. The van der Waals surface area contributed by atoms with Crippen molar-refractivity contribution in [3.8, 4) is 5.75 Å². The third-order valence-electron chi connectivity index (χ3n) is 3.41. The number of aromatic nitrogens is 1. The van der Waals surface area contributed by atoms with Crippen molar-refractivity contribution in [3.63, 3.8) is 0 Å². The van der Waals surface area contributed by atoms with Crippen molar-refractivity contribution in [2.24, 2.45) is 0 Å². The minimum Gasteiger partial charge on any atom is -0.493 e. The molecule has 0 aliphatic rings. The lowest BCUT2D eigenvalue weighted by molar-refractivity contribution is 0.310. The fraction of sp³-hybridized carbons (Fsp3) is 0.353. The van der Waals surface area contributed by atoms with Crippen LogP contribution in [-0.4, -0.2) is 18.1 Å². The molecule has 1 aromatic carbocycles. The second-order valence-corrected chi connectivity index (χ2v) is 5.00. The smallest absolute Gasteiger partial charge is 0.125 e. The van der Waals surface area contributed by atoms with Crippen molar-refractivity contribution >= 4 is 5.82 Å². The molecular weight excluding hydrogens is 248 g/mol. The van der Waals surface area contributed by atoms with E-state index in [-0.39, 0.29) is 0 Å². The molecule has 0 saturated heterocycles. The number of nitrogens with zero attached hydrogens (tertiary/aromatic N) is 1. The van der Waals surface area contributed by atoms with Gasteiger partial charge in [-0.05, 0) is 56.0 Å². The molecule has 2 aromatic rings. The molecule has 1 N–H and O–H groups in total. The molecule has 0 spiro atoms. The Morgan fingerprint density at radius 1 is 1.05 bits per heavy atom. The number of hydrogen-bond donors (Lipinski definition) is 1. The third kappa shape index (κ3) is 3.73. The molecule has 106 valence electrons. The molecule has 0 unspecified atom stereocenters. The lowest BCUT2D eigenvalue weighted by atomic mass is 10.1. The van der Waals surface area contributed by atoms with Gasteiger partial charge in [0.25, 0.3) is 0 Å². The Bertz CT molecular complexity index is 552. The van der Waals surface area contributed by atoms with Crippen LogP contribution in [0, 0.1) is 20.8 Å². The lowest BCUT2D eigenvalue weighted by Gasteiger charge is -2.14. The monoisotopic (exact) mass is 270 g/mol. The average Bonchev–Trinajstić information content (AvgIpc) is 2.47. The van der Waals surface area contributed by atoms with E-state index in [0.29, 0.717) is 6.61 Å². The molecule has 0 saturated carbocycles. The van der Waals surface area contributed by atoms with E-state index in [1.54, 1.807) is 6.20 Å². The zero-order valence-corrected chi connectivity index (χ0v) is 12.4. The zero-order chi connectivity index (χ0) is 14.4. The van der Waals surface area contributed by atoms with E-state index in [2.05, 4.69) is 43.2 Å². The Labute approximate surface area is 121 Å². The van der Waals surface area contributed by atoms with Gasteiger partial charge in [-0.3, -0.25) is 0 Å². The van der Waals surface area contributed by atoms with Crippen LogP contribution in [-0.2, 0) is 0 Å². The van der Waals surface area contributed by atoms with E-state index in [0.717, 1.165) is 24.5 Å². The van der Waals surface area contributed by atoms with Crippen LogP contribution >= 0.6 is 0 Å². The highest BCUT2D eigenvalue weighted by atomic mass is 16.5. The summed E-state index contributed by atoms with van der Waals surface area (Å²) in [6.07, 6.45) is 2.74. The highest BCUT2D eigenvalue weighted by Crippen LogP contribution is 2.25. The SMILES string of the molecule is Cc1ccc(C)c(OCCCNc2ccccn2)c1C. The normalized spacial score (nSPS) is 10.3. The molecule has 20 heavy (non-hydrogen) atoms. The summed E-state index contributed by atoms with van der Waals surface area (Å²) in [4.78, 5) is 4.22. The fourth-order valence-corrected chi connectivity index (χ4v) is 2.08. The molecule has 0 bridgehead atoms. The first-order valence-electron chi connectivity index (χ1n) is 7.03. The van der Waals surface area contributed by atoms with Gasteiger partial charge in [0.2, 0.25) is 0 Å². The molecule has 3 nitrogen and oxygen atoms in total. The number of aryl methyl sites for hydroxylation is 2. The van der Waals surface area contributed by atoms with Crippen molar-refractivity contribution in [1.82, 2.24) is 4.98 Å². The zero-order valence-electron chi connectivity index (χ0n) is 12.4. The quantitative estimate of drug-likeness (QED) is 0.809. The van der Waals surface area contributed by atoms with Gasteiger partial charge in [-0.15, -0.1) is 0 Å². The van der Waals surface area contributed by atoms with Crippen molar-refractivity contribution in [2.75, 3.05) is 18.5 Å². The van der Waals surface area contributed by atoms with Crippen LogP contribution in [0.15, 0.2) is 36.5 Å². The molecule has 0 amide bonds. The number of anilines is 1. The van der Waals surface area contributed by atoms with Crippen LogP contribution < -0.4 is 10.1 Å². The molecule has 0 radical (unpaired) electrons. The molecule has 0 aliphatic carbocycles. The largest absolute Gasteiger partial charge is 0.493 e. The summed E-state index contributed by atoms with van der Waals surface area (Å²) in [6.45, 7) is 7.90. The number of pyridine rings is 1. The van der Waals surface area contributed by atoms with Gasteiger partial charge in [-0.1, -0.05) is 18.2 Å². The molecule has 3 heteroatoms. The van der Waals surface area contributed by atoms with Crippen molar-refractivity contribution in [2.45, 2.75) is 27.2 Å². The molecule has 0 aliphatic heterocycles. The second kappa shape index (κ2) is 6.94. The van der Waals surface area contributed by atoms with E-state index in [1.165, 1.54) is 16.7 Å². The summed E-state index contributed by atoms with van der Waals surface area (Å²) in [7, 11) is 0. The Balaban J connectivity index is 1.78. The van der Waals surface area contributed by atoms with E-state index in [1.807, 2.05) is 18.2 Å². The Morgan fingerprint density at radius 2 is 1.85 bits per heavy atom. The Hall–Kier alpha value is -2.03. The lowest BCUT2D eigenvalue weighted by Crippen LogP contribution is -2.09. The van der Waals surface area contributed by atoms with E-state index in [9.17, 15) is 0 Å². The number of ether oxygens (including phenoxy) is 1. The van der Waals surface area contributed by atoms with Gasteiger partial charge in [0, 0.05) is 12.7 Å². The van der Waals surface area contributed by atoms with Gasteiger partial charge in [-0.25, -0.2) is 4.98 Å². The van der Waals surface area contributed by atoms with E-state index >= 15 is 0 Å². The first-order chi connectivity index (χ1) is 9.68. The van der Waals surface area contributed by atoms with Gasteiger partial charge >= 0.3 is 0 Å². The molecule has 1 heterocycles. The summed E-state index contributed by atoms with van der Waals surface area (Å²) in [6, 6.07) is 10.1. The second-order valence-electron chi connectivity index (χ2n) is 5.00. The van der Waals surface area contributed by atoms with Crippen molar-refractivity contribution < 1.29 is 4.74 Å². The average molecular weight is 270 g/mol. The van der Waals surface area contributed by atoms with Crippen LogP contribution in [0.2, 0.25) is 0 Å². The topological polar surface area (TPSA) is 34.1 Å². The highest BCUT2D eigenvalue weighted by molar-refractivity contribution is 5.44. The maximum atomic E-state index is 5.93. The Kier molecular flexibility index (Phi) is 4.99. The van der Waals surface area contributed by atoms with E-state index in [4.69, 9.17) is 4.74 Å². The minimum absolute atomic E-state index is 0.713. The summed E-state index contributed by atoms with van der Waals surface area (Å²) in [5.74, 6) is 1.94. The molecule has 1 aromatic heterocycles. The first kappa shape index (κ1) is 14.4. The predicted molar refractivity (Wildman–Crippen MR) is 83.5 cm³/mol. The highest BCUT2D eigenvalue weighted by Gasteiger charge is 2.05. The minimum atomic E-state index is 0.713. The molecule has 0 atom stereocenters. The van der Waals surface area contributed by atoms with Crippen LogP contribution in [0.25, 0.3) is 0 Å². The molecule has 2 rings (SSSR count). The van der Waals surface area contributed by atoms with Crippen LogP contribution in [0.4, 0.5) is 5.82 Å². The van der Waals surface area contributed by atoms with Crippen LogP contribution in [0.1, 0.15) is 23.1 Å². The van der Waals surface area contributed by atoms with Crippen molar-refractivity contribution in [3.05, 3.63) is 53.2 Å². The Morgan fingerprint density at radius 3 is 2.60 bits per heavy atom. The molecular formula is C17H22N2O. The first-order valence-corrected chi connectivity index (χ1v) is 7.03. The van der Waals surface area contributed by atoms with Gasteiger partial charge in [0.05, 0.1) is 6.61 Å². The maximum absolute atomic E-state index is 5.93. The van der Waals surface area contributed by atoms with Gasteiger partial charge < -0.3 is 10.1 Å². The van der Waals surface area contributed by atoms with Crippen molar-refractivity contribution in [1.29, 1.82) is 0 Å². The van der Waals surface area contributed by atoms with Gasteiger partial charge in [0.1, 0.15) is 11.6 Å². The van der Waals surface area contributed by atoms with Gasteiger partial charge in [0.15, 0.2) is 0 Å². The maximum Gasteiger partial charge on any atom is 0.125 e. The predicted octanol–water partition coefficient (Wildman–Crippen LogP) is 3.89. The standard InChI is InChI=1S/C17H22N2O/c1-13-8-9-14(2)17(15(13)3)20-12-6-11-19-16-7-4-5-10-18-16/h4-5,7-10H,6,11-12H2,1-3H3,(H,18,19). The summed E-state index contributed by atoms with van der Waals surface area (Å²) >= 11 is 0. The summed E-state index contributed by atoms with van der Waals surface area (Å²) < 4.78 is 5.93. The van der Waals surface area contributed by atoms with Crippen LogP contribution in [0.5, 0.6) is 5.75 Å². The number of nitrogens with one attached hydrogen (secondary N) is 1. The summed E-state index contributed by atoms with van der Waals surface area (Å²) in [5.41, 5.74) is 3.71. The fourth-order valence-electron chi connectivity index (χ4n) is 2.08. The number of hydrogen-bond acceptors (Lipinski definition) is 3. The van der Waals surface area contributed by atoms with Crippen LogP contribution in [0.3, 0.4) is 0 Å². The van der Waals surface area contributed by atoms with Gasteiger partial charge in [-0.2, -0.15) is 0 Å².